The van der Waals surface area contributed by atoms with E-state index in [9.17, 15) is 9.59 Å². The van der Waals surface area contributed by atoms with Crippen LogP contribution >= 0.6 is 11.8 Å². The summed E-state index contributed by atoms with van der Waals surface area (Å²) in [5.41, 5.74) is 3.57. The number of nitrogens with zero attached hydrogens (tertiary/aromatic N) is 2. The highest BCUT2D eigenvalue weighted by Crippen LogP contribution is 2.34. The fraction of sp³-hybridized carbons (Fsp3) is 0.400. The molecule has 0 spiro atoms. The fourth-order valence-corrected chi connectivity index (χ4v) is 4.80. The predicted molar refractivity (Wildman–Crippen MR) is 135 cm³/mol. The number of benzene rings is 2. The molecule has 3 rings (SSSR count). The number of amides is 2. The van der Waals surface area contributed by atoms with Gasteiger partial charge >= 0.3 is 0 Å². The number of aryl methyl sites for hydroxylation is 2. The minimum absolute atomic E-state index is 0.0323. The maximum atomic E-state index is 13.2. The Hall–Kier alpha value is -3.04. The number of methoxy groups -OCH3 is 3. The van der Waals surface area contributed by atoms with E-state index in [1.807, 2.05) is 26.0 Å². The number of thioether (sulfide) groups is 1. The highest BCUT2D eigenvalue weighted by Gasteiger charge is 2.39. The molecule has 0 aliphatic carbocycles. The van der Waals surface area contributed by atoms with Gasteiger partial charge in [-0.05, 0) is 44.0 Å². The largest absolute Gasteiger partial charge is 0.493 e. The number of carbonyl (C=O) groups excluding carboxylic acids is 2. The van der Waals surface area contributed by atoms with Crippen LogP contribution in [0.4, 0.5) is 11.4 Å². The van der Waals surface area contributed by atoms with Crippen LogP contribution in [0.3, 0.4) is 0 Å². The van der Waals surface area contributed by atoms with Crippen molar-refractivity contribution in [3.8, 4) is 11.5 Å². The predicted octanol–water partition coefficient (Wildman–Crippen LogP) is 4.32. The van der Waals surface area contributed by atoms with Gasteiger partial charge < -0.3 is 19.5 Å². The number of hydrogen-bond acceptors (Lipinski definition) is 7. The zero-order chi connectivity index (χ0) is 24.7. The van der Waals surface area contributed by atoms with E-state index in [4.69, 9.17) is 19.2 Å². The van der Waals surface area contributed by atoms with Gasteiger partial charge in [0.05, 0.1) is 19.9 Å². The maximum absolute atomic E-state index is 13.2. The first-order valence-corrected chi connectivity index (χ1v) is 11.9. The highest BCUT2D eigenvalue weighted by molar-refractivity contribution is 8.15. The van der Waals surface area contributed by atoms with Crippen molar-refractivity contribution >= 4 is 40.1 Å². The Kier molecular flexibility index (Phi) is 8.95. The van der Waals surface area contributed by atoms with Gasteiger partial charge in [-0.2, -0.15) is 0 Å². The quantitative estimate of drug-likeness (QED) is 0.504. The number of ether oxygens (including phenoxy) is 3. The van der Waals surface area contributed by atoms with Crippen LogP contribution < -0.4 is 14.8 Å². The SMILES string of the molecule is COCCCN1C(=O)C(CC(=O)Nc2ccc(OC)c(OC)c2)SC1=Nc1ccc(C)cc1C. The lowest BCUT2D eigenvalue weighted by Crippen LogP contribution is -2.34. The molecule has 1 saturated heterocycles. The lowest BCUT2D eigenvalue weighted by atomic mass is 10.1. The normalized spacial score (nSPS) is 16.7. The van der Waals surface area contributed by atoms with E-state index in [2.05, 4.69) is 11.4 Å². The third-order valence-corrected chi connectivity index (χ3v) is 6.53. The molecule has 0 aromatic heterocycles. The number of amidine groups is 1. The smallest absolute Gasteiger partial charge is 0.242 e. The van der Waals surface area contributed by atoms with Crippen molar-refractivity contribution in [2.24, 2.45) is 4.99 Å². The van der Waals surface area contributed by atoms with Crippen molar-refractivity contribution in [3.05, 3.63) is 47.5 Å². The van der Waals surface area contributed by atoms with E-state index in [1.54, 1.807) is 37.3 Å². The third kappa shape index (κ3) is 6.30. The Bertz CT molecular complexity index is 1070. The van der Waals surface area contributed by atoms with E-state index in [1.165, 1.54) is 18.9 Å². The molecule has 0 bridgehead atoms. The van der Waals surface area contributed by atoms with Crippen LogP contribution in [0.5, 0.6) is 11.5 Å². The summed E-state index contributed by atoms with van der Waals surface area (Å²) in [5, 5.41) is 2.90. The summed E-state index contributed by atoms with van der Waals surface area (Å²) in [6.07, 6.45) is 0.712. The van der Waals surface area contributed by atoms with Crippen LogP contribution in [0.25, 0.3) is 0 Å². The van der Waals surface area contributed by atoms with Gasteiger partial charge in [0, 0.05) is 38.4 Å². The van der Waals surface area contributed by atoms with E-state index in [0.717, 1.165) is 16.8 Å². The van der Waals surface area contributed by atoms with Crippen LogP contribution in [0.1, 0.15) is 24.0 Å². The minimum atomic E-state index is -0.549. The van der Waals surface area contributed by atoms with Crippen molar-refractivity contribution < 1.29 is 23.8 Å². The second kappa shape index (κ2) is 11.9. The number of rotatable bonds is 10. The molecule has 34 heavy (non-hydrogen) atoms. The third-order valence-electron chi connectivity index (χ3n) is 5.36. The fourth-order valence-electron chi connectivity index (χ4n) is 3.63. The monoisotopic (exact) mass is 485 g/mol. The molecule has 8 nitrogen and oxygen atoms in total. The summed E-state index contributed by atoms with van der Waals surface area (Å²) >= 11 is 1.33. The molecule has 0 saturated carbocycles. The van der Waals surface area contributed by atoms with Crippen LogP contribution in [-0.2, 0) is 14.3 Å². The van der Waals surface area contributed by atoms with Gasteiger partial charge in [0.2, 0.25) is 11.8 Å². The van der Waals surface area contributed by atoms with Gasteiger partial charge in [-0.25, -0.2) is 4.99 Å². The van der Waals surface area contributed by atoms with Crippen molar-refractivity contribution in [3.63, 3.8) is 0 Å². The van der Waals surface area contributed by atoms with Crippen LogP contribution in [-0.4, -0.2) is 61.6 Å². The molecular formula is C25H31N3O5S. The first-order valence-electron chi connectivity index (χ1n) is 11.0. The van der Waals surface area contributed by atoms with Gasteiger partial charge in [-0.15, -0.1) is 0 Å². The van der Waals surface area contributed by atoms with E-state index in [0.29, 0.717) is 41.9 Å². The molecule has 1 heterocycles. The van der Waals surface area contributed by atoms with Crippen molar-refractivity contribution in [2.45, 2.75) is 31.9 Å². The Labute approximate surface area is 204 Å². The Morgan fingerprint density at radius 1 is 1.09 bits per heavy atom. The Balaban J connectivity index is 1.75. The maximum Gasteiger partial charge on any atom is 0.242 e. The molecular weight excluding hydrogens is 454 g/mol. The summed E-state index contributed by atoms with van der Waals surface area (Å²) in [6, 6.07) is 11.1. The molecule has 1 atom stereocenters. The average molecular weight is 486 g/mol. The number of anilines is 1. The van der Waals surface area contributed by atoms with Crippen LogP contribution in [0.2, 0.25) is 0 Å². The molecule has 1 unspecified atom stereocenters. The molecule has 9 heteroatoms. The summed E-state index contributed by atoms with van der Waals surface area (Å²) in [6.45, 7) is 5.05. The number of hydrogen-bond donors (Lipinski definition) is 1. The lowest BCUT2D eigenvalue weighted by Gasteiger charge is -2.16. The zero-order valence-corrected chi connectivity index (χ0v) is 21.0. The molecule has 2 aromatic carbocycles. The van der Waals surface area contributed by atoms with Crippen LogP contribution in [0, 0.1) is 13.8 Å². The Morgan fingerprint density at radius 2 is 1.85 bits per heavy atom. The topological polar surface area (TPSA) is 89.5 Å². The van der Waals surface area contributed by atoms with E-state index in [-0.39, 0.29) is 18.2 Å². The zero-order valence-electron chi connectivity index (χ0n) is 20.2. The van der Waals surface area contributed by atoms with Gasteiger partial charge in [-0.1, -0.05) is 29.5 Å². The molecule has 1 fully saturated rings. The van der Waals surface area contributed by atoms with Gasteiger partial charge in [0.1, 0.15) is 5.25 Å². The second-order valence-corrected chi connectivity index (χ2v) is 9.12. The standard InChI is InChI=1S/C25H31N3O5S/c1-16-7-9-19(17(2)13-16)27-25-28(11-6-12-31-3)24(30)22(34-25)15-23(29)26-18-8-10-20(32-4)21(14-18)33-5/h7-10,13-14,22H,6,11-12,15H2,1-5H3,(H,26,29). The Morgan fingerprint density at radius 3 is 2.53 bits per heavy atom. The van der Waals surface area contributed by atoms with Crippen molar-refractivity contribution in [1.29, 1.82) is 0 Å². The summed E-state index contributed by atoms with van der Waals surface area (Å²) < 4.78 is 15.7. The second-order valence-electron chi connectivity index (χ2n) is 7.95. The molecule has 1 N–H and O–H groups in total. The lowest BCUT2D eigenvalue weighted by molar-refractivity contribution is -0.128. The number of carbonyl (C=O) groups is 2. The first kappa shape index (κ1) is 25.6. The molecule has 0 radical (unpaired) electrons. The molecule has 1 aliphatic rings. The summed E-state index contributed by atoms with van der Waals surface area (Å²) in [5.74, 6) is 0.703. The molecule has 2 aromatic rings. The van der Waals surface area contributed by atoms with Crippen LogP contribution in [0.15, 0.2) is 41.4 Å². The summed E-state index contributed by atoms with van der Waals surface area (Å²) in [7, 11) is 4.72. The molecule has 1 aliphatic heterocycles. The molecule has 182 valence electrons. The minimum Gasteiger partial charge on any atom is -0.493 e. The molecule has 2 amide bonds. The summed E-state index contributed by atoms with van der Waals surface area (Å²) in [4.78, 5) is 32.4. The highest BCUT2D eigenvalue weighted by atomic mass is 32.2. The number of aliphatic imine (C=N–C) groups is 1. The van der Waals surface area contributed by atoms with Crippen molar-refractivity contribution in [2.75, 3.05) is 39.8 Å². The van der Waals surface area contributed by atoms with Gasteiger partial charge in [-0.3, -0.25) is 14.5 Å². The van der Waals surface area contributed by atoms with Gasteiger partial charge in [0.15, 0.2) is 16.7 Å². The van der Waals surface area contributed by atoms with Gasteiger partial charge in [0.25, 0.3) is 0 Å². The van der Waals surface area contributed by atoms with E-state index >= 15 is 0 Å². The number of nitrogens with one attached hydrogen (secondary N) is 1. The first-order chi connectivity index (χ1) is 16.4. The van der Waals surface area contributed by atoms with E-state index < -0.39 is 5.25 Å². The van der Waals surface area contributed by atoms with Crippen molar-refractivity contribution in [1.82, 2.24) is 4.90 Å². The average Bonchev–Trinajstić information content (AvgIpc) is 3.09.